The Kier molecular flexibility index (Phi) is 7.95. The number of ether oxygens (including phenoxy) is 2. The number of alkyl halides is 6. The van der Waals surface area contributed by atoms with Gasteiger partial charge in [-0.05, 0) is 48.5 Å². The molecule has 198 valence electrons. The fraction of sp³-hybridized carbons (Fsp3) is 0.227. The predicted octanol–water partition coefficient (Wildman–Crippen LogP) is 5.57. The average molecular weight is 548 g/mol. The van der Waals surface area contributed by atoms with Crippen molar-refractivity contribution >= 4 is 21.3 Å². The quantitative estimate of drug-likeness (QED) is 0.388. The van der Waals surface area contributed by atoms with Gasteiger partial charge in [-0.25, -0.2) is 8.57 Å². The minimum Gasteiger partial charge on any atom is -0.484 e. The second-order valence-electron chi connectivity index (χ2n) is 7.39. The van der Waals surface area contributed by atoms with E-state index in [1.807, 2.05) is 0 Å². The highest BCUT2D eigenvalue weighted by molar-refractivity contribution is 7.93. The predicted molar refractivity (Wildman–Crippen MR) is 120 cm³/mol. The van der Waals surface area contributed by atoms with Crippen molar-refractivity contribution in [3.63, 3.8) is 0 Å². The van der Waals surface area contributed by atoms with Gasteiger partial charge in [0.05, 0.1) is 9.73 Å². The number of hydrogen-bond donors (Lipinski definition) is 1. The molecule has 0 aliphatic rings. The molecule has 0 aliphatic carbocycles. The van der Waals surface area contributed by atoms with Crippen LogP contribution in [-0.4, -0.2) is 46.4 Å². The molecule has 2 aromatic carbocycles. The van der Waals surface area contributed by atoms with Crippen LogP contribution in [0.5, 0.6) is 17.4 Å². The van der Waals surface area contributed by atoms with E-state index in [2.05, 4.69) is 24.6 Å². The number of halogens is 6. The summed E-state index contributed by atoms with van der Waals surface area (Å²) in [5.41, 5.74) is -1.98. The van der Waals surface area contributed by atoms with E-state index in [9.17, 15) is 35.3 Å². The number of hydrogen-bond acceptors (Lipinski definition) is 7. The van der Waals surface area contributed by atoms with E-state index in [1.165, 1.54) is 49.7 Å². The molecule has 1 amide bonds. The van der Waals surface area contributed by atoms with Crippen molar-refractivity contribution in [3.05, 3.63) is 65.9 Å². The summed E-state index contributed by atoms with van der Waals surface area (Å²) >= 11 is 0. The normalized spacial score (nSPS) is 13.4. The molecule has 15 heteroatoms. The van der Waals surface area contributed by atoms with Gasteiger partial charge in [-0.15, -0.1) is 10.2 Å². The topological polar surface area (TPSA) is 103 Å². The Morgan fingerprint density at radius 2 is 1.65 bits per heavy atom. The largest absolute Gasteiger partial charge is 0.484 e. The van der Waals surface area contributed by atoms with Crippen LogP contribution in [0.1, 0.15) is 16.1 Å². The lowest BCUT2D eigenvalue weighted by Gasteiger charge is -2.13. The Morgan fingerprint density at radius 3 is 2.24 bits per heavy atom. The van der Waals surface area contributed by atoms with E-state index in [4.69, 9.17) is 4.74 Å². The molecular formula is C22H18F6N4O4S. The molecule has 1 heterocycles. The van der Waals surface area contributed by atoms with Crippen molar-refractivity contribution in [2.24, 2.45) is 4.36 Å². The van der Waals surface area contributed by atoms with E-state index in [1.54, 1.807) is 0 Å². The van der Waals surface area contributed by atoms with Gasteiger partial charge in [-0.3, -0.25) is 4.79 Å². The first-order valence-corrected chi connectivity index (χ1v) is 12.0. The molecular weight excluding hydrogens is 530 g/mol. The van der Waals surface area contributed by atoms with Crippen LogP contribution in [0.15, 0.2) is 63.9 Å². The zero-order valence-electron chi connectivity index (χ0n) is 19.1. The number of rotatable bonds is 7. The zero-order chi connectivity index (χ0) is 27.4. The molecule has 0 bridgehead atoms. The molecule has 3 rings (SSSR count). The lowest BCUT2D eigenvalue weighted by molar-refractivity contribution is -0.153. The molecule has 1 N–H and O–H groups in total. The molecule has 1 atom stereocenters. The SMILES string of the molecule is CN=S(C)(=O)c1cccc(NC(=O)c2cc(C(F)(F)F)nnc2Oc2ccc(OCC(F)(F)F)cc2)c1. The summed E-state index contributed by atoms with van der Waals surface area (Å²) in [6.45, 7) is -1.53. The first-order chi connectivity index (χ1) is 17.2. The molecule has 0 spiro atoms. The van der Waals surface area contributed by atoms with Crippen LogP contribution in [0, 0.1) is 0 Å². The Balaban J connectivity index is 1.90. The first-order valence-electron chi connectivity index (χ1n) is 10.1. The summed E-state index contributed by atoms with van der Waals surface area (Å²) in [6, 6.07) is 10.8. The second kappa shape index (κ2) is 10.6. The molecule has 37 heavy (non-hydrogen) atoms. The molecule has 0 fully saturated rings. The summed E-state index contributed by atoms with van der Waals surface area (Å²) < 4.78 is 103. The number of anilines is 1. The zero-order valence-corrected chi connectivity index (χ0v) is 19.9. The molecule has 1 unspecified atom stereocenters. The van der Waals surface area contributed by atoms with Gasteiger partial charge < -0.3 is 14.8 Å². The molecule has 0 saturated carbocycles. The Morgan fingerprint density at radius 1 is 1.00 bits per heavy atom. The summed E-state index contributed by atoms with van der Waals surface area (Å²) in [4.78, 5) is 13.2. The number of nitrogens with one attached hydrogen (secondary N) is 1. The molecule has 0 saturated heterocycles. The molecule has 0 aliphatic heterocycles. The highest BCUT2D eigenvalue weighted by Crippen LogP contribution is 2.32. The van der Waals surface area contributed by atoms with Gasteiger partial charge in [-0.2, -0.15) is 26.3 Å². The number of carbonyl (C=O) groups excluding carboxylic acids is 1. The van der Waals surface area contributed by atoms with Gasteiger partial charge in [0.15, 0.2) is 12.3 Å². The van der Waals surface area contributed by atoms with Crippen molar-refractivity contribution in [1.82, 2.24) is 10.2 Å². The van der Waals surface area contributed by atoms with Crippen LogP contribution >= 0.6 is 0 Å². The van der Waals surface area contributed by atoms with Crippen molar-refractivity contribution in [3.8, 4) is 17.4 Å². The van der Waals surface area contributed by atoms with E-state index in [0.29, 0.717) is 6.07 Å². The summed E-state index contributed by atoms with van der Waals surface area (Å²) in [5, 5.41) is 8.81. The van der Waals surface area contributed by atoms with Gasteiger partial charge in [-0.1, -0.05) is 6.07 Å². The van der Waals surface area contributed by atoms with Crippen LogP contribution in [-0.2, 0) is 15.9 Å². The van der Waals surface area contributed by atoms with Gasteiger partial charge in [0.2, 0.25) is 0 Å². The Bertz CT molecular complexity index is 1400. The van der Waals surface area contributed by atoms with Crippen molar-refractivity contribution in [1.29, 1.82) is 0 Å². The number of nitrogens with zero attached hydrogens (tertiary/aromatic N) is 3. The van der Waals surface area contributed by atoms with Crippen LogP contribution in [0.4, 0.5) is 32.0 Å². The maximum atomic E-state index is 13.2. The molecule has 1 aromatic heterocycles. The first kappa shape index (κ1) is 27.7. The van der Waals surface area contributed by atoms with Crippen LogP contribution in [0.25, 0.3) is 0 Å². The third-order valence-corrected chi connectivity index (χ3v) is 6.44. The van der Waals surface area contributed by atoms with Gasteiger partial charge in [0.1, 0.15) is 17.1 Å². The fourth-order valence-corrected chi connectivity index (χ4v) is 3.64. The second-order valence-corrected chi connectivity index (χ2v) is 9.83. The number of carbonyl (C=O) groups is 1. The monoisotopic (exact) mass is 548 g/mol. The van der Waals surface area contributed by atoms with E-state index in [0.717, 1.165) is 12.1 Å². The number of aromatic nitrogens is 2. The van der Waals surface area contributed by atoms with E-state index >= 15 is 0 Å². The standard InChI is InChI=1S/C22H18F6N4O4S/c1-29-37(2,34)16-5-3-4-13(10-16)30-19(33)17-11-18(22(26,27)28)31-32-20(17)36-15-8-6-14(7-9-15)35-12-21(23,24)25/h3-11H,12H2,1-2H3,(H,30,33). The summed E-state index contributed by atoms with van der Waals surface area (Å²) in [6.07, 6.45) is -8.10. The lowest BCUT2D eigenvalue weighted by atomic mass is 10.2. The molecule has 0 radical (unpaired) electrons. The van der Waals surface area contributed by atoms with Gasteiger partial charge in [0, 0.05) is 23.9 Å². The lowest BCUT2D eigenvalue weighted by Crippen LogP contribution is -2.19. The number of benzene rings is 2. The Labute approximate surface area is 206 Å². The molecule has 3 aromatic rings. The number of amides is 1. The minimum absolute atomic E-state index is 0.0697. The smallest absolute Gasteiger partial charge is 0.435 e. The van der Waals surface area contributed by atoms with Gasteiger partial charge >= 0.3 is 12.4 Å². The summed E-state index contributed by atoms with van der Waals surface area (Å²) in [7, 11) is -1.40. The highest BCUT2D eigenvalue weighted by atomic mass is 32.2. The van der Waals surface area contributed by atoms with Crippen molar-refractivity contribution < 1.29 is 44.8 Å². The van der Waals surface area contributed by atoms with Crippen LogP contribution < -0.4 is 14.8 Å². The third kappa shape index (κ3) is 7.55. The molecule has 8 nitrogen and oxygen atoms in total. The van der Waals surface area contributed by atoms with Gasteiger partial charge in [0.25, 0.3) is 11.8 Å². The van der Waals surface area contributed by atoms with Crippen molar-refractivity contribution in [2.45, 2.75) is 17.2 Å². The van der Waals surface area contributed by atoms with E-state index < -0.39 is 51.7 Å². The average Bonchev–Trinajstić information content (AvgIpc) is 2.83. The van der Waals surface area contributed by atoms with Crippen molar-refractivity contribution in [2.75, 3.05) is 25.2 Å². The maximum Gasteiger partial charge on any atom is 0.435 e. The van der Waals surface area contributed by atoms with E-state index in [-0.39, 0.29) is 22.1 Å². The maximum absolute atomic E-state index is 13.2. The Hall–Kier alpha value is -3.88. The van der Waals surface area contributed by atoms with Crippen LogP contribution in [0.2, 0.25) is 0 Å². The third-order valence-electron chi connectivity index (χ3n) is 4.61. The fourth-order valence-electron chi connectivity index (χ4n) is 2.75. The summed E-state index contributed by atoms with van der Waals surface area (Å²) in [5.74, 6) is -1.87. The minimum atomic E-state index is -4.92. The van der Waals surface area contributed by atoms with Crippen LogP contribution in [0.3, 0.4) is 0 Å². The highest BCUT2D eigenvalue weighted by Gasteiger charge is 2.35.